The molecule has 40 heavy (non-hydrogen) atoms. The van der Waals surface area contributed by atoms with E-state index in [-0.39, 0.29) is 30.6 Å². The molecule has 0 aliphatic carbocycles. The van der Waals surface area contributed by atoms with Crippen molar-refractivity contribution in [3.63, 3.8) is 0 Å². The van der Waals surface area contributed by atoms with Gasteiger partial charge in [-0.15, -0.1) is 11.3 Å². The fraction of sp³-hybridized carbons (Fsp3) is 0.433. The highest BCUT2D eigenvalue weighted by atomic mass is 32.1. The van der Waals surface area contributed by atoms with Gasteiger partial charge in [0.05, 0.1) is 12.2 Å². The van der Waals surface area contributed by atoms with Crippen LogP contribution in [-0.2, 0) is 23.3 Å². The number of ether oxygens (including phenoxy) is 3. The number of benzene rings is 2. The molecule has 2 aromatic carbocycles. The summed E-state index contributed by atoms with van der Waals surface area (Å²) in [5.74, 6) is 2.10. The van der Waals surface area contributed by atoms with Crippen LogP contribution in [0.4, 0.5) is 5.69 Å². The van der Waals surface area contributed by atoms with E-state index in [0.717, 1.165) is 59.4 Å². The van der Waals surface area contributed by atoms with E-state index in [9.17, 15) is 9.59 Å². The molecule has 0 atom stereocenters. The van der Waals surface area contributed by atoms with Gasteiger partial charge in [-0.3, -0.25) is 19.4 Å². The highest BCUT2D eigenvalue weighted by molar-refractivity contribution is 7.09. The molecule has 3 aliphatic heterocycles. The Hall–Kier alpha value is -3.63. The fourth-order valence-corrected chi connectivity index (χ4v) is 5.94. The van der Waals surface area contributed by atoms with Crippen LogP contribution in [0.2, 0.25) is 0 Å². The summed E-state index contributed by atoms with van der Waals surface area (Å²) in [7, 11) is 0. The zero-order valence-corrected chi connectivity index (χ0v) is 24.0. The van der Waals surface area contributed by atoms with Crippen molar-refractivity contribution >= 4 is 28.8 Å². The number of rotatable bonds is 7. The van der Waals surface area contributed by atoms with Crippen molar-refractivity contribution < 1.29 is 23.8 Å². The Morgan fingerprint density at radius 2 is 1.75 bits per heavy atom. The molecule has 0 bridgehead atoms. The zero-order chi connectivity index (χ0) is 27.9. The minimum absolute atomic E-state index is 0.00276. The van der Waals surface area contributed by atoms with Crippen LogP contribution in [-0.4, -0.2) is 66.2 Å². The van der Waals surface area contributed by atoms with Crippen LogP contribution in [0.5, 0.6) is 17.2 Å². The Balaban J connectivity index is 1.09. The van der Waals surface area contributed by atoms with Crippen molar-refractivity contribution in [1.29, 1.82) is 0 Å². The molecular formula is C30H34N4O5S. The van der Waals surface area contributed by atoms with Crippen molar-refractivity contribution in [2.24, 2.45) is 0 Å². The maximum Gasteiger partial charge on any atom is 0.273 e. The molecule has 1 saturated heterocycles. The fourth-order valence-electron chi connectivity index (χ4n) is 5.19. The number of thiazole rings is 1. The topological polar surface area (TPSA) is 84.4 Å². The van der Waals surface area contributed by atoms with Crippen LogP contribution in [0, 0.1) is 0 Å². The number of piperazine rings is 1. The molecule has 0 spiro atoms. The lowest BCUT2D eigenvalue weighted by Gasteiger charge is -2.34. The average Bonchev–Trinajstić information content (AvgIpc) is 3.64. The minimum Gasteiger partial charge on any atom is -0.482 e. The van der Waals surface area contributed by atoms with E-state index in [1.54, 1.807) is 10.3 Å². The lowest BCUT2D eigenvalue weighted by molar-refractivity contribution is -0.121. The Morgan fingerprint density at radius 3 is 2.55 bits per heavy atom. The van der Waals surface area contributed by atoms with E-state index in [4.69, 9.17) is 14.2 Å². The number of amides is 2. The van der Waals surface area contributed by atoms with Crippen molar-refractivity contribution in [2.45, 2.75) is 45.7 Å². The summed E-state index contributed by atoms with van der Waals surface area (Å²) < 4.78 is 16.6. The van der Waals surface area contributed by atoms with Gasteiger partial charge in [0.2, 0.25) is 6.79 Å². The Kier molecular flexibility index (Phi) is 7.14. The van der Waals surface area contributed by atoms with Crippen molar-refractivity contribution in [3.8, 4) is 17.2 Å². The normalized spacial score (nSPS) is 17.1. The summed E-state index contributed by atoms with van der Waals surface area (Å²) in [5.41, 5.74) is 3.50. The first-order valence-electron chi connectivity index (χ1n) is 13.7. The van der Waals surface area contributed by atoms with Gasteiger partial charge in [0.1, 0.15) is 16.5 Å². The third-order valence-corrected chi connectivity index (χ3v) is 8.97. The summed E-state index contributed by atoms with van der Waals surface area (Å²) in [6, 6.07) is 12.1. The zero-order valence-electron chi connectivity index (χ0n) is 23.1. The molecule has 0 unspecified atom stereocenters. The van der Waals surface area contributed by atoms with Crippen molar-refractivity contribution in [1.82, 2.24) is 14.8 Å². The van der Waals surface area contributed by atoms with Gasteiger partial charge < -0.3 is 19.1 Å². The summed E-state index contributed by atoms with van der Waals surface area (Å²) in [6.07, 6.45) is 0.977. The van der Waals surface area contributed by atoms with Crippen molar-refractivity contribution in [2.75, 3.05) is 44.5 Å². The highest BCUT2D eigenvalue weighted by Crippen LogP contribution is 2.38. The number of carbonyl (C=O) groups is 2. The van der Waals surface area contributed by atoms with Crippen LogP contribution in [0.25, 0.3) is 0 Å². The number of nitrogens with zero attached hydrogens (tertiary/aromatic N) is 4. The van der Waals surface area contributed by atoms with Gasteiger partial charge in [0.15, 0.2) is 18.1 Å². The molecule has 0 radical (unpaired) electrons. The monoisotopic (exact) mass is 562 g/mol. The molecule has 3 aliphatic rings. The third kappa shape index (κ3) is 5.25. The molecule has 1 aromatic heterocycles. The Morgan fingerprint density at radius 1 is 0.975 bits per heavy atom. The molecule has 4 heterocycles. The number of fused-ring (bicyclic) bond motifs is 2. The SMILES string of the molecule is CCC(C)(C)c1ccc2c(c1)N(Cc1nc(C(=O)N3CCN(Cc4ccc5c(c4)OCO5)CC3)cs1)C(=O)CO2. The molecule has 1 fully saturated rings. The smallest absolute Gasteiger partial charge is 0.273 e. The van der Waals surface area contributed by atoms with E-state index >= 15 is 0 Å². The standard InChI is InChI=1S/C30H34N4O5S/c1-4-30(2,3)21-6-8-24-23(14-21)34(28(35)17-37-24)16-27-31-22(18-40-27)29(36)33-11-9-32(10-12-33)15-20-5-7-25-26(13-20)39-19-38-25/h5-8,13-14,18H,4,9-12,15-17,19H2,1-3H3. The predicted octanol–water partition coefficient (Wildman–Crippen LogP) is 4.44. The van der Waals surface area contributed by atoms with Crippen LogP contribution in [0.3, 0.4) is 0 Å². The third-order valence-electron chi connectivity index (χ3n) is 8.13. The predicted molar refractivity (Wildman–Crippen MR) is 152 cm³/mol. The number of carbonyl (C=O) groups excluding carboxylic acids is 2. The molecule has 2 amide bonds. The van der Waals surface area contributed by atoms with Gasteiger partial charge in [0.25, 0.3) is 11.8 Å². The largest absolute Gasteiger partial charge is 0.482 e. The van der Waals surface area contributed by atoms with Gasteiger partial charge in [0, 0.05) is 38.1 Å². The first-order valence-corrected chi connectivity index (χ1v) is 14.6. The molecule has 210 valence electrons. The van der Waals surface area contributed by atoms with Gasteiger partial charge in [-0.2, -0.15) is 0 Å². The molecule has 6 rings (SSSR count). The van der Waals surface area contributed by atoms with E-state index in [2.05, 4.69) is 48.9 Å². The number of hydrogen-bond donors (Lipinski definition) is 0. The maximum absolute atomic E-state index is 13.3. The molecule has 10 heteroatoms. The van der Waals surface area contributed by atoms with Crippen LogP contribution in [0.1, 0.15) is 53.8 Å². The van der Waals surface area contributed by atoms with E-state index < -0.39 is 0 Å². The van der Waals surface area contributed by atoms with Gasteiger partial charge in [-0.25, -0.2) is 4.98 Å². The maximum atomic E-state index is 13.3. The average molecular weight is 563 g/mol. The first-order chi connectivity index (χ1) is 19.3. The highest BCUT2D eigenvalue weighted by Gasteiger charge is 2.30. The summed E-state index contributed by atoms with van der Waals surface area (Å²) in [4.78, 5) is 36.7. The van der Waals surface area contributed by atoms with Crippen LogP contribution < -0.4 is 19.1 Å². The molecule has 3 aromatic rings. The first kappa shape index (κ1) is 26.6. The lowest BCUT2D eigenvalue weighted by Crippen LogP contribution is -2.48. The van der Waals surface area contributed by atoms with E-state index in [1.807, 2.05) is 23.1 Å². The van der Waals surface area contributed by atoms with E-state index in [1.165, 1.54) is 11.3 Å². The lowest BCUT2D eigenvalue weighted by atomic mass is 9.82. The number of hydrogen-bond acceptors (Lipinski definition) is 8. The second-order valence-corrected chi connectivity index (χ2v) is 12.0. The van der Waals surface area contributed by atoms with Gasteiger partial charge in [-0.05, 0) is 47.2 Å². The van der Waals surface area contributed by atoms with Crippen molar-refractivity contribution in [3.05, 3.63) is 63.6 Å². The molecule has 0 N–H and O–H groups in total. The number of anilines is 1. The molecule has 9 nitrogen and oxygen atoms in total. The van der Waals surface area contributed by atoms with Gasteiger partial charge >= 0.3 is 0 Å². The Bertz CT molecular complexity index is 1430. The number of aromatic nitrogens is 1. The van der Waals surface area contributed by atoms with E-state index in [0.29, 0.717) is 31.1 Å². The molecule has 0 saturated carbocycles. The summed E-state index contributed by atoms with van der Waals surface area (Å²) >= 11 is 1.41. The quantitative estimate of drug-likeness (QED) is 0.421. The Labute approximate surface area is 238 Å². The second-order valence-electron chi connectivity index (χ2n) is 11.1. The van der Waals surface area contributed by atoms with Crippen LogP contribution in [0.15, 0.2) is 41.8 Å². The minimum atomic E-state index is -0.111. The summed E-state index contributed by atoms with van der Waals surface area (Å²) in [6.45, 7) is 10.8. The second kappa shape index (κ2) is 10.7. The summed E-state index contributed by atoms with van der Waals surface area (Å²) in [5, 5.41) is 2.53. The van der Waals surface area contributed by atoms with Crippen LogP contribution >= 0.6 is 11.3 Å². The van der Waals surface area contributed by atoms with Gasteiger partial charge in [-0.1, -0.05) is 32.9 Å². The molecular weight excluding hydrogens is 528 g/mol.